The minimum atomic E-state index is -0.232. The summed E-state index contributed by atoms with van der Waals surface area (Å²) < 4.78 is 5.22. The number of nitrogens with one attached hydrogen (secondary N) is 1. The van der Waals surface area contributed by atoms with Gasteiger partial charge in [-0.2, -0.15) is 0 Å². The van der Waals surface area contributed by atoms with Crippen LogP contribution in [0.5, 0.6) is 0 Å². The van der Waals surface area contributed by atoms with E-state index in [1.54, 1.807) is 42.7 Å². The zero-order chi connectivity index (χ0) is 20.1. The first-order valence-corrected chi connectivity index (χ1v) is 9.70. The molecule has 1 aliphatic heterocycles. The Hall–Kier alpha value is -3.54. The van der Waals surface area contributed by atoms with Crippen molar-refractivity contribution in [2.75, 3.05) is 31.1 Å². The molecule has 0 saturated carbocycles. The number of furan rings is 1. The lowest BCUT2D eigenvalue weighted by Gasteiger charge is -2.36. The normalized spacial score (nSPS) is 13.9. The fourth-order valence-electron chi connectivity index (χ4n) is 3.47. The van der Waals surface area contributed by atoms with Gasteiger partial charge in [-0.05, 0) is 42.5 Å². The maximum atomic E-state index is 12.9. The summed E-state index contributed by atoms with van der Waals surface area (Å²) in [5.74, 6) is 0.408. The second-order valence-electron chi connectivity index (χ2n) is 6.96. The molecule has 6 nitrogen and oxygen atoms in total. The second-order valence-corrected chi connectivity index (χ2v) is 6.96. The van der Waals surface area contributed by atoms with Gasteiger partial charge >= 0.3 is 0 Å². The van der Waals surface area contributed by atoms with Crippen LogP contribution in [0.4, 0.5) is 5.69 Å². The molecule has 1 aliphatic rings. The Morgan fingerprint density at radius 1 is 0.862 bits per heavy atom. The summed E-state index contributed by atoms with van der Waals surface area (Å²) in [6.45, 7) is 3.20. The van der Waals surface area contributed by atoms with Crippen molar-refractivity contribution < 1.29 is 14.0 Å². The Morgan fingerprint density at radius 2 is 1.62 bits per heavy atom. The number of benzene rings is 2. The van der Waals surface area contributed by atoms with Crippen molar-refractivity contribution in [1.29, 1.82) is 0 Å². The Balaban J connectivity index is 1.36. The minimum absolute atomic E-state index is 0.0432. The minimum Gasteiger partial charge on any atom is -0.467 e. The first kappa shape index (κ1) is 18.8. The zero-order valence-corrected chi connectivity index (χ0v) is 16.1. The first-order valence-electron chi connectivity index (χ1n) is 9.70. The molecule has 0 radical (unpaired) electrons. The average Bonchev–Trinajstić information content (AvgIpc) is 3.31. The molecule has 0 atom stereocenters. The molecular formula is C23H23N3O3. The van der Waals surface area contributed by atoms with E-state index >= 15 is 0 Å². The van der Waals surface area contributed by atoms with Crippen molar-refractivity contribution in [3.8, 4) is 0 Å². The van der Waals surface area contributed by atoms with Crippen molar-refractivity contribution in [2.24, 2.45) is 0 Å². The summed E-state index contributed by atoms with van der Waals surface area (Å²) in [5, 5.41) is 2.81. The third kappa shape index (κ3) is 4.48. The molecule has 2 aromatic carbocycles. The molecule has 2 heterocycles. The van der Waals surface area contributed by atoms with E-state index in [-0.39, 0.29) is 11.8 Å². The molecule has 6 heteroatoms. The van der Waals surface area contributed by atoms with Crippen LogP contribution in [0.25, 0.3) is 0 Å². The van der Waals surface area contributed by atoms with Gasteiger partial charge in [0, 0.05) is 43.0 Å². The van der Waals surface area contributed by atoms with Gasteiger partial charge in [0.05, 0.1) is 12.8 Å². The number of carbonyl (C=O) groups is 2. The average molecular weight is 389 g/mol. The fraction of sp³-hybridized carbons (Fsp3) is 0.217. The van der Waals surface area contributed by atoms with Crippen LogP contribution in [0.2, 0.25) is 0 Å². The van der Waals surface area contributed by atoms with E-state index in [0.29, 0.717) is 36.5 Å². The van der Waals surface area contributed by atoms with E-state index in [0.717, 1.165) is 13.1 Å². The highest BCUT2D eigenvalue weighted by molar-refractivity contribution is 5.99. The fourth-order valence-corrected chi connectivity index (χ4v) is 3.47. The molecule has 4 rings (SSSR count). The van der Waals surface area contributed by atoms with Gasteiger partial charge in [0.1, 0.15) is 5.76 Å². The molecule has 1 fully saturated rings. The zero-order valence-electron chi connectivity index (χ0n) is 16.1. The molecule has 2 amide bonds. The number of rotatable bonds is 5. The van der Waals surface area contributed by atoms with Gasteiger partial charge in [0.15, 0.2) is 0 Å². The van der Waals surface area contributed by atoms with Crippen LogP contribution >= 0.6 is 0 Å². The number of amides is 2. The van der Waals surface area contributed by atoms with E-state index in [1.807, 2.05) is 23.1 Å². The molecule has 148 valence electrons. The van der Waals surface area contributed by atoms with Gasteiger partial charge in [-0.1, -0.05) is 24.3 Å². The maximum Gasteiger partial charge on any atom is 0.253 e. The number of hydrogen-bond acceptors (Lipinski definition) is 4. The van der Waals surface area contributed by atoms with Gasteiger partial charge in [0.25, 0.3) is 11.8 Å². The quantitative estimate of drug-likeness (QED) is 0.728. The van der Waals surface area contributed by atoms with Gasteiger partial charge in [-0.3, -0.25) is 9.59 Å². The van der Waals surface area contributed by atoms with E-state index in [2.05, 4.69) is 22.3 Å². The van der Waals surface area contributed by atoms with Crippen LogP contribution in [0, 0.1) is 0 Å². The molecule has 1 saturated heterocycles. The summed E-state index contributed by atoms with van der Waals surface area (Å²) >= 11 is 0. The second kappa shape index (κ2) is 8.65. The summed E-state index contributed by atoms with van der Waals surface area (Å²) in [6.07, 6.45) is 1.57. The SMILES string of the molecule is O=C(NCc1ccco1)c1cccc(C(=O)N2CCN(c3ccccc3)CC2)c1. The predicted octanol–water partition coefficient (Wildman–Crippen LogP) is 3.17. The lowest BCUT2D eigenvalue weighted by atomic mass is 10.1. The number of para-hydroxylation sites is 1. The number of nitrogens with zero attached hydrogens (tertiary/aromatic N) is 2. The van der Waals surface area contributed by atoms with Crippen LogP contribution < -0.4 is 10.2 Å². The third-order valence-electron chi connectivity index (χ3n) is 5.06. The molecular weight excluding hydrogens is 366 g/mol. The smallest absolute Gasteiger partial charge is 0.253 e. The van der Waals surface area contributed by atoms with E-state index in [9.17, 15) is 9.59 Å². The highest BCUT2D eigenvalue weighted by Gasteiger charge is 2.22. The van der Waals surface area contributed by atoms with Crippen LogP contribution in [0.1, 0.15) is 26.5 Å². The van der Waals surface area contributed by atoms with Crippen LogP contribution in [-0.2, 0) is 6.54 Å². The van der Waals surface area contributed by atoms with E-state index in [4.69, 9.17) is 4.42 Å². The Labute approximate surface area is 169 Å². The lowest BCUT2D eigenvalue weighted by molar-refractivity contribution is 0.0747. The highest BCUT2D eigenvalue weighted by atomic mass is 16.3. The molecule has 0 unspecified atom stereocenters. The van der Waals surface area contributed by atoms with Gasteiger partial charge in [-0.25, -0.2) is 0 Å². The Kier molecular flexibility index (Phi) is 5.61. The van der Waals surface area contributed by atoms with Gasteiger partial charge < -0.3 is 19.5 Å². The maximum absolute atomic E-state index is 12.9. The molecule has 29 heavy (non-hydrogen) atoms. The van der Waals surface area contributed by atoms with Crippen molar-refractivity contribution in [2.45, 2.75) is 6.54 Å². The summed E-state index contributed by atoms with van der Waals surface area (Å²) in [5.41, 5.74) is 2.17. The van der Waals surface area contributed by atoms with Crippen molar-refractivity contribution in [1.82, 2.24) is 10.2 Å². The standard InChI is InChI=1S/C23H23N3O3/c27-22(24-17-21-10-5-15-29-21)18-6-4-7-19(16-18)23(28)26-13-11-25(12-14-26)20-8-2-1-3-9-20/h1-10,15-16H,11-14,17H2,(H,24,27). The summed E-state index contributed by atoms with van der Waals surface area (Å²) in [6, 6.07) is 20.7. The molecule has 1 aromatic heterocycles. The van der Waals surface area contributed by atoms with Crippen molar-refractivity contribution in [3.05, 3.63) is 89.9 Å². The van der Waals surface area contributed by atoms with E-state index < -0.39 is 0 Å². The van der Waals surface area contributed by atoms with Crippen molar-refractivity contribution in [3.63, 3.8) is 0 Å². The first-order chi connectivity index (χ1) is 14.2. The summed E-state index contributed by atoms with van der Waals surface area (Å²) in [4.78, 5) is 29.5. The van der Waals surface area contributed by atoms with Gasteiger partial charge in [0.2, 0.25) is 0 Å². The molecule has 3 aromatic rings. The Morgan fingerprint density at radius 3 is 2.34 bits per heavy atom. The number of anilines is 1. The largest absolute Gasteiger partial charge is 0.467 e. The number of carbonyl (C=O) groups excluding carboxylic acids is 2. The van der Waals surface area contributed by atoms with Crippen LogP contribution in [0.3, 0.4) is 0 Å². The monoisotopic (exact) mass is 389 g/mol. The topological polar surface area (TPSA) is 65.8 Å². The molecule has 1 N–H and O–H groups in total. The molecule has 0 aliphatic carbocycles. The number of hydrogen-bond donors (Lipinski definition) is 1. The van der Waals surface area contributed by atoms with Crippen LogP contribution in [0.15, 0.2) is 77.4 Å². The van der Waals surface area contributed by atoms with Crippen LogP contribution in [-0.4, -0.2) is 42.9 Å². The van der Waals surface area contributed by atoms with Crippen molar-refractivity contribution >= 4 is 17.5 Å². The number of piperazine rings is 1. The third-order valence-corrected chi connectivity index (χ3v) is 5.06. The molecule has 0 bridgehead atoms. The highest BCUT2D eigenvalue weighted by Crippen LogP contribution is 2.17. The predicted molar refractivity (Wildman–Crippen MR) is 111 cm³/mol. The lowest BCUT2D eigenvalue weighted by Crippen LogP contribution is -2.48. The van der Waals surface area contributed by atoms with Gasteiger partial charge in [-0.15, -0.1) is 0 Å². The molecule has 0 spiro atoms. The Bertz CT molecular complexity index is 962. The summed E-state index contributed by atoms with van der Waals surface area (Å²) in [7, 11) is 0. The van der Waals surface area contributed by atoms with E-state index in [1.165, 1.54) is 5.69 Å².